The van der Waals surface area contributed by atoms with Crippen molar-refractivity contribution in [3.8, 4) is 0 Å². The SMILES string of the molecule is CCCCCCCC/C=C/CCCCCCCCCC(=O)N[C@@H](COP(=O)([O-])OCC[N+](C)(C)C)[C@H](O)CCCCCCCCCCC. The van der Waals surface area contributed by atoms with Crippen molar-refractivity contribution in [2.24, 2.45) is 0 Å². The summed E-state index contributed by atoms with van der Waals surface area (Å²) in [5.41, 5.74) is 0. The standard InChI is InChI=1S/C39H79N2O6P/c1-6-8-10-12-14-16-17-18-19-20-21-22-23-25-27-29-31-33-39(43)40-37(36-47-48(44,45)46-35-34-41(3,4)5)38(42)32-30-28-26-24-15-13-11-9-7-2/h18-19,37-38,42H,6-17,20-36H2,1-5H3,(H-,40,43,44,45)/b19-18+/t37-,38+/m0/s1. The van der Waals surface area contributed by atoms with Gasteiger partial charge in [-0.3, -0.25) is 9.36 Å². The van der Waals surface area contributed by atoms with Gasteiger partial charge in [0.2, 0.25) is 5.91 Å². The summed E-state index contributed by atoms with van der Waals surface area (Å²) in [6.07, 6.45) is 33.5. The van der Waals surface area contributed by atoms with Crippen molar-refractivity contribution in [1.29, 1.82) is 0 Å². The zero-order valence-electron chi connectivity index (χ0n) is 32.2. The Kier molecular flexibility index (Phi) is 31.7. The van der Waals surface area contributed by atoms with Crippen LogP contribution in [-0.4, -0.2) is 68.5 Å². The molecule has 1 amide bonds. The van der Waals surface area contributed by atoms with Crippen LogP contribution < -0.4 is 10.2 Å². The van der Waals surface area contributed by atoms with E-state index in [4.69, 9.17) is 9.05 Å². The van der Waals surface area contributed by atoms with E-state index in [1.807, 2.05) is 21.1 Å². The van der Waals surface area contributed by atoms with Crippen LogP contribution >= 0.6 is 7.82 Å². The Morgan fingerprint density at radius 1 is 0.708 bits per heavy atom. The van der Waals surface area contributed by atoms with Gasteiger partial charge in [-0.25, -0.2) is 0 Å². The van der Waals surface area contributed by atoms with Crippen molar-refractivity contribution in [1.82, 2.24) is 5.32 Å². The van der Waals surface area contributed by atoms with E-state index in [9.17, 15) is 19.4 Å². The number of aliphatic hydroxyl groups is 1. The summed E-state index contributed by atoms with van der Waals surface area (Å²) in [5.74, 6) is -0.172. The second-order valence-electron chi connectivity index (χ2n) is 15.0. The molecule has 0 aromatic rings. The van der Waals surface area contributed by atoms with Crippen LogP contribution in [0.25, 0.3) is 0 Å². The fourth-order valence-corrected chi connectivity index (χ4v) is 6.46. The number of allylic oxidation sites excluding steroid dienone is 2. The Bertz CT molecular complexity index is 804. The van der Waals surface area contributed by atoms with Crippen LogP contribution in [-0.2, 0) is 18.4 Å². The third-order valence-corrected chi connectivity index (χ3v) is 9.97. The summed E-state index contributed by atoms with van der Waals surface area (Å²) in [4.78, 5) is 25.2. The number of carbonyl (C=O) groups is 1. The van der Waals surface area contributed by atoms with Crippen molar-refractivity contribution in [2.45, 2.75) is 193 Å². The van der Waals surface area contributed by atoms with E-state index in [0.717, 1.165) is 38.5 Å². The first kappa shape index (κ1) is 47.2. The monoisotopic (exact) mass is 703 g/mol. The van der Waals surface area contributed by atoms with Gasteiger partial charge >= 0.3 is 0 Å². The molecule has 0 saturated carbocycles. The molecule has 48 heavy (non-hydrogen) atoms. The van der Waals surface area contributed by atoms with Gasteiger partial charge in [-0.15, -0.1) is 0 Å². The molecule has 8 nitrogen and oxygen atoms in total. The molecular weight excluding hydrogens is 623 g/mol. The van der Waals surface area contributed by atoms with Crippen molar-refractivity contribution in [3.63, 3.8) is 0 Å². The van der Waals surface area contributed by atoms with Gasteiger partial charge in [0.15, 0.2) is 0 Å². The Morgan fingerprint density at radius 2 is 1.15 bits per heavy atom. The minimum atomic E-state index is -4.55. The smallest absolute Gasteiger partial charge is 0.268 e. The molecule has 0 fully saturated rings. The summed E-state index contributed by atoms with van der Waals surface area (Å²) in [6, 6.07) is -0.796. The molecule has 0 aromatic carbocycles. The number of quaternary nitrogens is 1. The lowest BCUT2D eigenvalue weighted by Gasteiger charge is -2.30. The summed E-state index contributed by atoms with van der Waals surface area (Å²) >= 11 is 0. The van der Waals surface area contributed by atoms with Crippen molar-refractivity contribution in [2.75, 3.05) is 40.9 Å². The molecular formula is C39H79N2O6P. The highest BCUT2D eigenvalue weighted by molar-refractivity contribution is 7.45. The Hall–Kier alpha value is -0.760. The van der Waals surface area contributed by atoms with E-state index in [1.165, 1.54) is 116 Å². The Balaban J connectivity index is 4.35. The zero-order chi connectivity index (χ0) is 35.8. The highest BCUT2D eigenvalue weighted by Gasteiger charge is 2.24. The van der Waals surface area contributed by atoms with E-state index in [-0.39, 0.29) is 19.1 Å². The van der Waals surface area contributed by atoms with Crippen molar-refractivity contribution in [3.05, 3.63) is 12.2 Å². The first-order chi connectivity index (χ1) is 23.0. The van der Waals surface area contributed by atoms with Crippen LogP contribution in [0.3, 0.4) is 0 Å². The predicted octanol–water partition coefficient (Wildman–Crippen LogP) is 9.78. The molecule has 0 spiro atoms. The normalized spacial score (nSPS) is 14.7. The summed E-state index contributed by atoms with van der Waals surface area (Å²) in [5, 5.41) is 13.8. The lowest BCUT2D eigenvalue weighted by atomic mass is 10.0. The van der Waals surface area contributed by atoms with Gasteiger partial charge in [-0.05, 0) is 38.5 Å². The van der Waals surface area contributed by atoms with Crippen LogP contribution in [0.2, 0.25) is 0 Å². The van der Waals surface area contributed by atoms with Crippen LogP contribution in [0.4, 0.5) is 0 Å². The second-order valence-corrected chi connectivity index (χ2v) is 16.4. The molecule has 0 heterocycles. The van der Waals surface area contributed by atoms with Gasteiger partial charge in [-0.2, -0.15) is 0 Å². The number of hydrogen-bond donors (Lipinski definition) is 2. The molecule has 2 N–H and O–H groups in total. The number of unbranched alkanes of at least 4 members (excludes halogenated alkanes) is 21. The van der Waals surface area contributed by atoms with Crippen LogP contribution in [0.15, 0.2) is 12.2 Å². The quantitative estimate of drug-likeness (QED) is 0.0291. The number of aliphatic hydroxyl groups excluding tert-OH is 1. The lowest BCUT2D eigenvalue weighted by Crippen LogP contribution is -2.46. The molecule has 0 aromatic heterocycles. The number of amides is 1. The number of hydrogen-bond acceptors (Lipinski definition) is 6. The first-order valence-electron chi connectivity index (χ1n) is 20.0. The maximum absolute atomic E-state index is 12.8. The van der Waals surface area contributed by atoms with Gasteiger partial charge in [0.05, 0.1) is 39.9 Å². The maximum atomic E-state index is 12.8. The molecule has 3 atom stereocenters. The molecule has 0 aliphatic heterocycles. The van der Waals surface area contributed by atoms with E-state index in [0.29, 0.717) is 23.9 Å². The van der Waals surface area contributed by atoms with Crippen LogP contribution in [0.1, 0.15) is 181 Å². The molecule has 0 saturated heterocycles. The fourth-order valence-electron chi connectivity index (χ4n) is 5.74. The van der Waals surface area contributed by atoms with E-state index in [2.05, 4.69) is 31.3 Å². The minimum Gasteiger partial charge on any atom is -0.756 e. The van der Waals surface area contributed by atoms with E-state index >= 15 is 0 Å². The number of carbonyl (C=O) groups excluding carboxylic acids is 1. The van der Waals surface area contributed by atoms with E-state index < -0.39 is 20.0 Å². The number of likely N-dealkylation sites (N-methyl/N-ethyl adjacent to an activating group) is 1. The first-order valence-corrected chi connectivity index (χ1v) is 21.5. The predicted molar refractivity (Wildman–Crippen MR) is 201 cm³/mol. The van der Waals surface area contributed by atoms with Gasteiger partial charge in [-0.1, -0.05) is 148 Å². The highest BCUT2D eigenvalue weighted by atomic mass is 31.2. The van der Waals surface area contributed by atoms with Gasteiger partial charge in [0, 0.05) is 6.42 Å². The van der Waals surface area contributed by atoms with Crippen LogP contribution in [0.5, 0.6) is 0 Å². The number of nitrogens with zero attached hydrogens (tertiary/aromatic N) is 1. The average Bonchev–Trinajstić information content (AvgIpc) is 3.02. The molecule has 1 unspecified atom stereocenters. The number of phosphoric acid groups is 1. The minimum absolute atomic E-state index is 0.0126. The lowest BCUT2D eigenvalue weighted by molar-refractivity contribution is -0.870. The summed E-state index contributed by atoms with van der Waals surface area (Å²) in [6.45, 7) is 4.68. The number of phosphoric ester groups is 1. The molecule has 286 valence electrons. The third kappa shape index (κ3) is 33.7. The van der Waals surface area contributed by atoms with Crippen molar-refractivity contribution < 1.29 is 32.9 Å². The Labute approximate surface area is 297 Å². The van der Waals surface area contributed by atoms with Gasteiger partial charge in [0.1, 0.15) is 13.2 Å². The average molecular weight is 703 g/mol. The zero-order valence-corrected chi connectivity index (χ0v) is 33.1. The van der Waals surface area contributed by atoms with E-state index in [1.54, 1.807) is 0 Å². The maximum Gasteiger partial charge on any atom is 0.268 e. The van der Waals surface area contributed by atoms with Gasteiger partial charge in [0.25, 0.3) is 7.82 Å². The highest BCUT2D eigenvalue weighted by Crippen LogP contribution is 2.38. The van der Waals surface area contributed by atoms with Crippen molar-refractivity contribution >= 4 is 13.7 Å². The molecule has 0 rings (SSSR count). The third-order valence-electron chi connectivity index (χ3n) is 9.00. The summed E-state index contributed by atoms with van der Waals surface area (Å²) < 4.78 is 23.1. The molecule has 0 aliphatic rings. The molecule has 9 heteroatoms. The topological polar surface area (TPSA) is 108 Å². The largest absolute Gasteiger partial charge is 0.756 e. The number of nitrogens with one attached hydrogen (secondary N) is 1. The van der Waals surface area contributed by atoms with Gasteiger partial charge < -0.3 is 28.8 Å². The van der Waals surface area contributed by atoms with Crippen LogP contribution in [0, 0.1) is 0 Å². The fraction of sp³-hybridized carbons (Fsp3) is 0.923. The molecule has 0 aliphatic carbocycles. The molecule has 0 bridgehead atoms. The second kappa shape index (κ2) is 32.2. The summed E-state index contributed by atoms with van der Waals surface area (Å²) in [7, 11) is 1.30. The Morgan fingerprint density at radius 3 is 1.62 bits per heavy atom. The molecule has 0 radical (unpaired) electrons. The number of rotatable bonds is 36.